The normalized spacial score (nSPS) is 20.3. The molecule has 1 saturated carbocycles. The van der Waals surface area contributed by atoms with Crippen LogP contribution in [0.5, 0.6) is 0 Å². The summed E-state index contributed by atoms with van der Waals surface area (Å²) in [5, 5.41) is 6.56. The van der Waals surface area contributed by atoms with Crippen molar-refractivity contribution < 1.29 is 4.79 Å². The Morgan fingerprint density at radius 1 is 1.16 bits per heavy atom. The Labute approximate surface area is 148 Å². The van der Waals surface area contributed by atoms with Crippen LogP contribution in [0.25, 0.3) is 0 Å². The van der Waals surface area contributed by atoms with E-state index >= 15 is 0 Å². The Morgan fingerprint density at radius 3 is 2.80 bits per heavy atom. The van der Waals surface area contributed by atoms with Gasteiger partial charge in [-0.2, -0.15) is 0 Å². The van der Waals surface area contributed by atoms with Gasteiger partial charge in [0.25, 0.3) is 5.91 Å². The zero-order valence-electron chi connectivity index (χ0n) is 14.3. The number of amides is 1. The van der Waals surface area contributed by atoms with Crippen molar-refractivity contribution in [3.05, 3.63) is 59.8 Å². The largest absolute Gasteiger partial charge is 0.353 e. The van der Waals surface area contributed by atoms with Crippen LogP contribution in [0, 0.1) is 5.92 Å². The van der Waals surface area contributed by atoms with Crippen molar-refractivity contribution in [3.63, 3.8) is 0 Å². The summed E-state index contributed by atoms with van der Waals surface area (Å²) in [7, 11) is 0. The topological polar surface area (TPSA) is 57.3 Å². The first-order valence-electron chi connectivity index (χ1n) is 9.08. The van der Waals surface area contributed by atoms with Crippen LogP contribution in [-0.4, -0.2) is 37.1 Å². The lowest BCUT2D eigenvalue weighted by Crippen LogP contribution is -2.46. The molecule has 1 unspecified atom stereocenters. The molecule has 4 rings (SSSR count). The minimum atomic E-state index is -0.0662. The highest BCUT2D eigenvalue weighted by atomic mass is 16.1. The van der Waals surface area contributed by atoms with Gasteiger partial charge in [0.1, 0.15) is 11.5 Å². The van der Waals surface area contributed by atoms with E-state index in [0.29, 0.717) is 11.6 Å². The maximum atomic E-state index is 12.3. The molecule has 5 nitrogen and oxygen atoms in total. The number of rotatable bonds is 5. The highest BCUT2D eigenvalue weighted by Gasteiger charge is 2.24. The van der Waals surface area contributed by atoms with E-state index in [4.69, 9.17) is 0 Å². The predicted molar refractivity (Wildman–Crippen MR) is 98.7 cm³/mol. The number of piperazine rings is 1. The molecule has 0 radical (unpaired) electrons. The molecule has 2 aromatic rings. The monoisotopic (exact) mass is 336 g/mol. The van der Waals surface area contributed by atoms with E-state index < -0.39 is 0 Å². The molecule has 1 aliphatic carbocycles. The molecule has 2 N–H and O–H groups in total. The molecule has 1 aromatic heterocycles. The number of nitrogens with zero attached hydrogens (tertiary/aromatic N) is 2. The van der Waals surface area contributed by atoms with E-state index in [1.807, 2.05) is 18.2 Å². The van der Waals surface area contributed by atoms with Gasteiger partial charge in [0.2, 0.25) is 0 Å². The first-order valence-corrected chi connectivity index (χ1v) is 9.08. The molecule has 1 amide bonds. The quantitative estimate of drug-likeness (QED) is 0.880. The van der Waals surface area contributed by atoms with E-state index in [9.17, 15) is 4.79 Å². The van der Waals surface area contributed by atoms with Crippen LogP contribution in [-0.2, 0) is 0 Å². The minimum absolute atomic E-state index is 0.0662. The van der Waals surface area contributed by atoms with Gasteiger partial charge in [-0.05, 0) is 36.5 Å². The number of anilines is 1. The zero-order valence-corrected chi connectivity index (χ0v) is 14.3. The summed E-state index contributed by atoms with van der Waals surface area (Å²) < 4.78 is 0. The number of aromatic nitrogens is 1. The SMILES string of the molecule is O=C(NCC1CC1)c1cccc(N2CCNC(c3ccccc3)C2)n1. The molecular formula is C20H24N4O. The van der Waals surface area contributed by atoms with E-state index in [0.717, 1.165) is 32.0 Å². The Balaban J connectivity index is 1.45. The Hall–Kier alpha value is -2.40. The van der Waals surface area contributed by atoms with E-state index in [1.54, 1.807) is 6.07 Å². The Kier molecular flexibility index (Phi) is 4.65. The molecule has 5 heteroatoms. The summed E-state index contributed by atoms with van der Waals surface area (Å²) in [5.41, 5.74) is 1.79. The average molecular weight is 336 g/mol. The van der Waals surface area contributed by atoms with Crippen LogP contribution < -0.4 is 15.5 Å². The maximum absolute atomic E-state index is 12.3. The number of pyridine rings is 1. The van der Waals surface area contributed by atoms with Crippen LogP contribution in [0.2, 0.25) is 0 Å². The summed E-state index contributed by atoms with van der Waals surface area (Å²) in [4.78, 5) is 19.2. The molecule has 130 valence electrons. The van der Waals surface area contributed by atoms with Gasteiger partial charge in [0.05, 0.1) is 0 Å². The molecule has 2 heterocycles. The number of carbonyl (C=O) groups is 1. The molecule has 2 aliphatic rings. The van der Waals surface area contributed by atoms with E-state index in [1.165, 1.54) is 18.4 Å². The van der Waals surface area contributed by atoms with Crippen molar-refractivity contribution in [2.24, 2.45) is 5.92 Å². The Bertz CT molecular complexity index is 729. The third kappa shape index (κ3) is 3.99. The van der Waals surface area contributed by atoms with Crippen LogP contribution in [0.4, 0.5) is 5.82 Å². The summed E-state index contributed by atoms with van der Waals surface area (Å²) in [6.07, 6.45) is 2.46. The lowest BCUT2D eigenvalue weighted by Gasteiger charge is -2.34. The molecule has 1 atom stereocenters. The van der Waals surface area contributed by atoms with Gasteiger partial charge >= 0.3 is 0 Å². The second-order valence-electron chi connectivity index (χ2n) is 6.90. The molecule has 0 bridgehead atoms. The van der Waals surface area contributed by atoms with Crippen LogP contribution >= 0.6 is 0 Å². The molecule has 1 aromatic carbocycles. The van der Waals surface area contributed by atoms with Crippen molar-refractivity contribution in [2.75, 3.05) is 31.1 Å². The van der Waals surface area contributed by atoms with Crippen molar-refractivity contribution in [2.45, 2.75) is 18.9 Å². The fourth-order valence-corrected chi connectivity index (χ4v) is 3.24. The van der Waals surface area contributed by atoms with E-state index in [2.05, 4.69) is 44.8 Å². The number of benzene rings is 1. The summed E-state index contributed by atoms with van der Waals surface area (Å²) in [6.45, 7) is 3.42. The number of nitrogens with one attached hydrogen (secondary N) is 2. The standard InChI is InChI=1S/C20H24N4O/c25-20(22-13-15-9-10-15)17-7-4-8-19(23-17)24-12-11-21-18(14-24)16-5-2-1-3-6-16/h1-8,15,18,21H,9-14H2,(H,22,25). The van der Waals surface area contributed by atoms with Crippen molar-refractivity contribution in [3.8, 4) is 0 Å². The van der Waals surface area contributed by atoms with Gasteiger partial charge in [-0.25, -0.2) is 4.98 Å². The van der Waals surface area contributed by atoms with Crippen LogP contribution in [0.1, 0.15) is 34.9 Å². The minimum Gasteiger partial charge on any atom is -0.353 e. The lowest BCUT2D eigenvalue weighted by atomic mass is 10.0. The van der Waals surface area contributed by atoms with Gasteiger partial charge in [-0.15, -0.1) is 0 Å². The molecule has 1 saturated heterocycles. The Morgan fingerprint density at radius 2 is 2.00 bits per heavy atom. The summed E-state index contributed by atoms with van der Waals surface area (Å²) >= 11 is 0. The fourth-order valence-electron chi connectivity index (χ4n) is 3.24. The van der Waals surface area contributed by atoms with Gasteiger partial charge in [-0.3, -0.25) is 4.79 Å². The highest BCUT2D eigenvalue weighted by molar-refractivity contribution is 5.92. The lowest BCUT2D eigenvalue weighted by molar-refractivity contribution is 0.0947. The van der Waals surface area contributed by atoms with Crippen molar-refractivity contribution in [1.29, 1.82) is 0 Å². The number of hydrogen-bond acceptors (Lipinski definition) is 4. The summed E-state index contributed by atoms with van der Waals surface area (Å²) in [5.74, 6) is 1.48. The van der Waals surface area contributed by atoms with Crippen LogP contribution in [0.15, 0.2) is 48.5 Å². The summed E-state index contributed by atoms with van der Waals surface area (Å²) in [6, 6.07) is 16.5. The van der Waals surface area contributed by atoms with Crippen molar-refractivity contribution >= 4 is 11.7 Å². The highest BCUT2D eigenvalue weighted by Crippen LogP contribution is 2.27. The van der Waals surface area contributed by atoms with Gasteiger partial charge in [0, 0.05) is 32.2 Å². The molecule has 2 fully saturated rings. The third-order valence-corrected chi connectivity index (χ3v) is 4.92. The molecule has 1 aliphatic heterocycles. The maximum Gasteiger partial charge on any atom is 0.269 e. The second-order valence-corrected chi connectivity index (χ2v) is 6.90. The van der Waals surface area contributed by atoms with E-state index in [-0.39, 0.29) is 11.9 Å². The first kappa shape index (κ1) is 16.1. The molecule has 25 heavy (non-hydrogen) atoms. The first-order chi connectivity index (χ1) is 12.3. The average Bonchev–Trinajstić information content (AvgIpc) is 3.51. The predicted octanol–water partition coefficient (Wildman–Crippen LogP) is 2.37. The van der Waals surface area contributed by atoms with Crippen molar-refractivity contribution in [1.82, 2.24) is 15.6 Å². The smallest absolute Gasteiger partial charge is 0.269 e. The van der Waals surface area contributed by atoms with Crippen LogP contribution in [0.3, 0.4) is 0 Å². The van der Waals surface area contributed by atoms with Gasteiger partial charge < -0.3 is 15.5 Å². The molecular weight excluding hydrogens is 312 g/mol. The zero-order chi connectivity index (χ0) is 17.1. The fraction of sp³-hybridized carbons (Fsp3) is 0.400. The third-order valence-electron chi connectivity index (χ3n) is 4.92. The molecule has 0 spiro atoms. The second kappa shape index (κ2) is 7.23. The van der Waals surface area contributed by atoms with Gasteiger partial charge in [0.15, 0.2) is 0 Å². The van der Waals surface area contributed by atoms with Gasteiger partial charge in [-0.1, -0.05) is 36.4 Å². The number of carbonyl (C=O) groups excluding carboxylic acids is 1. The number of hydrogen-bond donors (Lipinski definition) is 2.